The Hall–Kier alpha value is -1.23. The third-order valence-corrected chi connectivity index (χ3v) is 2.67. The summed E-state index contributed by atoms with van der Waals surface area (Å²) >= 11 is 3.35. The average Bonchev–Trinajstić information content (AvgIpc) is 2.30. The molecule has 1 atom stereocenters. The molecule has 0 amide bonds. The molecule has 0 aliphatic heterocycles. The molecule has 4 nitrogen and oxygen atoms in total. The van der Waals surface area contributed by atoms with Crippen molar-refractivity contribution in [3.63, 3.8) is 0 Å². The number of ether oxygens (including phenoxy) is 1. The van der Waals surface area contributed by atoms with Crippen molar-refractivity contribution >= 4 is 21.8 Å². The molecule has 3 N–H and O–H groups in total. The van der Waals surface area contributed by atoms with E-state index < -0.39 is 0 Å². The van der Waals surface area contributed by atoms with Gasteiger partial charge in [-0.05, 0) is 30.7 Å². The van der Waals surface area contributed by atoms with Gasteiger partial charge in [0.05, 0.1) is 0 Å². The molecule has 0 saturated heterocycles. The zero-order valence-electron chi connectivity index (χ0n) is 9.06. The normalized spacial score (nSPS) is 13.5. The summed E-state index contributed by atoms with van der Waals surface area (Å²) in [6, 6.07) is 7.56. The molecule has 0 aromatic heterocycles. The van der Waals surface area contributed by atoms with Gasteiger partial charge in [-0.3, -0.25) is 0 Å². The first-order valence-corrected chi connectivity index (χ1v) is 5.83. The first-order valence-electron chi connectivity index (χ1n) is 5.04. The van der Waals surface area contributed by atoms with E-state index in [4.69, 9.17) is 15.7 Å². The molecule has 88 valence electrons. The van der Waals surface area contributed by atoms with Crippen LogP contribution in [0.5, 0.6) is 5.75 Å². The number of benzene rings is 1. The van der Waals surface area contributed by atoms with Crippen molar-refractivity contribution in [2.24, 2.45) is 10.9 Å². The highest BCUT2D eigenvalue weighted by atomic mass is 79.9. The maximum absolute atomic E-state index is 8.48. The molecule has 1 unspecified atom stereocenters. The summed E-state index contributed by atoms with van der Waals surface area (Å²) in [6.45, 7) is 1.99. The second-order valence-corrected chi connectivity index (χ2v) is 4.31. The molecule has 0 aliphatic rings. The molecular weight excluding hydrogens is 272 g/mol. The number of hydrogen-bond acceptors (Lipinski definition) is 3. The number of rotatable bonds is 5. The largest absolute Gasteiger partial charge is 0.490 e. The zero-order chi connectivity index (χ0) is 12.0. The van der Waals surface area contributed by atoms with Gasteiger partial charge in [-0.1, -0.05) is 28.0 Å². The fourth-order valence-corrected chi connectivity index (χ4v) is 1.51. The van der Waals surface area contributed by atoms with E-state index in [0.29, 0.717) is 6.42 Å². The number of oxime groups is 1. The Balaban J connectivity index is 2.59. The van der Waals surface area contributed by atoms with Crippen LogP contribution in [0, 0.1) is 0 Å². The summed E-state index contributed by atoms with van der Waals surface area (Å²) in [5, 5.41) is 11.4. The van der Waals surface area contributed by atoms with Gasteiger partial charge in [-0.2, -0.15) is 0 Å². The number of halogens is 1. The van der Waals surface area contributed by atoms with Gasteiger partial charge < -0.3 is 15.7 Å². The van der Waals surface area contributed by atoms with E-state index in [2.05, 4.69) is 21.1 Å². The minimum Gasteiger partial charge on any atom is -0.490 e. The minimum atomic E-state index is -0.0722. The lowest BCUT2D eigenvalue weighted by Gasteiger charge is -2.16. The van der Waals surface area contributed by atoms with Gasteiger partial charge in [0.15, 0.2) is 0 Å². The summed E-state index contributed by atoms with van der Waals surface area (Å²) in [6.07, 6.45) is 1.15. The molecule has 16 heavy (non-hydrogen) atoms. The molecule has 0 saturated carbocycles. The van der Waals surface area contributed by atoms with Crippen LogP contribution in [0.4, 0.5) is 0 Å². The topological polar surface area (TPSA) is 67.8 Å². The van der Waals surface area contributed by atoms with E-state index in [9.17, 15) is 0 Å². The summed E-state index contributed by atoms with van der Waals surface area (Å²) in [5.74, 6) is 0.963. The molecular formula is C11H15BrN2O2. The fourth-order valence-electron chi connectivity index (χ4n) is 1.25. The smallest absolute Gasteiger partial charge is 0.142 e. The third-order valence-electron chi connectivity index (χ3n) is 2.14. The third kappa shape index (κ3) is 4.10. The molecule has 0 bridgehead atoms. The monoisotopic (exact) mass is 286 g/mol. The lowest BCUT2D eigenvalue weighted by Crippen LogP contribution is -2.24. The van der Waals surface area contributed by atoms with Crippen LogP contribution in [-0.4, -0.2) is 17.1 Å². The highest BCUT2D eigenvalue weighted by Gasteiger charge is 2.10. The number of hydrogen-bond donors (Lipinski definition) is 2. The lowest BCUT2D eigenvalue weighted by atomic mass is 10.2. The number of amidine groups is 1. The fraction of sp³-hybridized carbons (Fsp3) is 0.364. The maximum atomic E-state index is 8.48. The Labute approximate surface area is 103 Å². The van der Waals surface area contributed by atoms with Crippen LogP contribution in [-0.2, 0) is 0 Å². The van der Waals surface area contributed by atoms with Crippen LogP contribution in [0.25, 0.3) is 0 Å². The molecule has 0 fully saturated rings. The highest BCUT2D eigenvalue weighted by Crippen LogP contribution is 2.18. The Kier molecular flexibility index (Phi) is 5.11. The van der Waals surface area contributed by atoms with Crippen molar-refractivity contribution < 1.29 is 9.94 Å². The van der Waals surface area contributed by atoms with Gasteiger partial charge in [0.1, 0.15) is 17.7 Å². The summed E-state index contributed by atoms with van der Waals surface area (Å²) < 4.78 is 6.70. The van der Waals surface area contributed by atoms with Crippen molar-refractivity contribution in [1.29, 1.82) is 0 Å². The van der Waals surface area contributed by atoms with E-state index >= 15 is 0 Å². The Morgan fingerprint density at radius 1 is 1.50 bits per heavy atom. The zero-order valence-corrected chi connectivity index (χ0v) is 10.6. The van der Waals surface area contributed by atoms with Crippen molar-refractivity contribution in [2.45, 2.75) is 25.9 Å². The van der Waals surface area contributed by atoms with Crippen LogP contribution in [0.3, 0.4) is 0 Å². The first-order chi connectivity index (χ1) is 7.65. The van der Waals surface area contributed by atoms with Gasteiger partial charge >= 0.3 is 0 Å². The number of nitrogens with zero attached hydrogens (tertiary/aromatic N) is 1. The van der Waals surface area contributed by atoms with Gasteiger partial charge in [-0.15, -0.1) is 0 Å². The standard InChI is InChI=1S/C11H15BrN2O2/c1-2-9(7-11(13)14-15)16-10-5-3-8(12)4-6-10/h3-6,9,15H,2,7H2,1H3,(H2,13,14). The molecule has 1 aromatic carbocycles. The van der Waals surface area contributed by atoms with E-state index in [1.165, 1.54) is 0 Å². The number of nitrogens with two attached hydrogens (primary N) is 1. The molecule has 0 heterocycles. The van der Waals surface area contributed by atoms with Crippen LogP contribution >= 0.6 is 15.9 Å². The molecule has 1 aromatic rings. The van der Waals surface area contributed by atoms with Gasteiger partial charge in [0.25, 0.3) is 0 Å². The molecule has 1 rings (SSSR count). The van der Waals surface area contributed by atoms with Crippen LogP contribution in [0.15, 0.2) is 33.9 Å². The predicted octanol–water partition coefficient (Wildman–Crippen LogP) is 2.74. The summed E-state index contributed by atoms with van der Waals surface area (Å²) in [4.78, 5) is 0. The Bertz CT molecular complexity index is 352. The maximum Gasteiger partial charge on any atom is 0.142 e. The van der Waals surface area contributed by atoms with E-state index in [1.54, 1.807) is 0 Å². The lowest BCUT2D eigenvalue weighted by molar-refractivity contribution is 0.202. The van der Waals surface area contributed by atoms with Crippen LogP contribution in [0.1, 0.15) is 19.8 Å². The van der Waals surface area contributed by atoms with Gasteiger partial charge in [0.2, 0.25) is 0 Å². The molecule has 0 aliphatic carbocycles. The SMILES string of the molecule is CCC(C/C(N)=N/O)Oc1ccc(Br)cc1. The average molecular weight is 287 g/mol. The first kappa shape index (κ1) is 12.8. The van der Waals surface area contributed by atoms with Crippen LogP contribution in [0.2, 0.25) is 0 Å². The Morgan fingerprint density at radius 3 is 2.62 bits per heavy atom. The second-order valence-electron chi connectivity index (χ2n) is 3.40. The Morgan fingerprint density at radius 2 is 2.12 bits per heavy atom. The second kappa shape index (κ2) is 6.37. The summed E-state index contributed by atoms with van der Waals surface area (Å²) in [7, 11) is 0. The van der Waals surface area contributed by atoms with Crippen molar-refractivity contribution in [2.75, 3.05) is 0 Å². The van der Waals surface area contributed by atoms with Crippen molar-refractivity contribution in [3.05, 3.63) is 28.7 Å². The van der Waals surface area contributed by atoms with E-state index in [-0.39, 0.29) is 11.9 Å². The van der Waals surface area contributed by atoms with Gasteiger partial charge in [0, 0.05) is 10.9 Å². The van der Waals surface area contributed by atoms with Gasteiger partial charge in [-0.25, -0.2) is 0 Å². The van der Waals surface area contributed by atoms with Crippen LogP contribution < -0.4 is 10.5 Å². The molecule has 0 spiro atoms. The van der Waals surface area contributed by atoms with Crippen molar-refractivity contribution in [3.8, 4) is 5.75 Å². The molecule has 0 radical (unpaired) electrons. The van der Waals surface area contributed by atoms with Crippen molar-refractivity contribution in [1.82, 2.24) is 0 Å². The van der Waals surface area contributed by atoms with E-state index in [1.807, 2.05) is 31.2 Å². The van der Waals surface area contributed by atoms with E-state index in [0.717, 1.165) is 16.6 Å². The quantitative estimate of drug-likeness (QED) is 0.379. The minimum absolute atomic E-state index is 0.0722. The predicted molar refractivity (Wildman–Crippen MR) is 66.9 cm³/mol. The molecule has 5 heteroatoms. The highest BCUT2D eigenvalue weighted by molar-refractivity contribution is 9.10. The summed E-state index contributed by atoms with van der Waals surface area (Å²) in [5.41, 5.74) is 5.44.